The van der Waals surface area contributed by atoms with Crippen molar-refractivity contribution < 1.29 is 4.74 Å². The van der Waals surface area contributed by atoms with Gasteiger partial charge in [-0.15, -0.1) is 11.3 Å². The Labute approximate surface area is 87.2 Å². The zero-order chi connectivity index (χ0) is 9.80. The molecule has 0 aliphatic rings. The molecule has 1 heterocycles. The van der Waals surface area contributed by atoms with E-state index in [1.54, 1.807) is 11.3 Å². The summed E-state index contributed by atoms with van der Waals surface area (Å²) >= 11 is 1.60. The highest BCUT2D eigenvalue weighted by atomic mass is 32.1. The summed E-state index contributed by atoms with van der Waals surface area (Å²) in [6, 6.07) is 8.00. The van der Waals surface area contributed by atoms with E-state index in [1.165, 1.54) is 0 Å². The number of nitrogens with zero attached hydrogens (tertiary/aromatic N) is 1. The molecule has 0 unspecified atom stereocenters. The van der Waals surface area contributed by atoms with Crippen molar-refractivity contribution in [3.63, 3.8) is 0 Å². The van der Waals surface area contributed by atoms with Gasteiger partial charge in [0.15, 0.2) is 0 Å². The lowest BCUT2D eigenvalue weighted by molar-refractivity contribution is 0.340. The summed E-state index contributed by atoms with van der Waals surface area (Å²) in [4.78, 5) is 4.25. The molecule has 0 bridgehead atoms. The van der Waals surface area contributed by atoms with Gasteiger partial charge in [0.25, 0.3) is 0 Å². The number of hydrogen-bond acceptors (Lipinski definition) is 3. The fourth-order valence-electron chi connectivity index (χ4n) is 1.27. The van der Waals surface area contributed by atoms with Crippen LogP contribution in [0, 0.1) is 0 Å². The SMILES string of the molecule is CCOc1cccc(-c2cscn2)c1. The van der Waals surface area contributed by atoms with Crippen molar-refractivity contribution in [1.82, 2.24) is 4.98 Å². The maximum Gasteiger partial charge on any atom is 0.119 e. The Kier molecular flexibility index (Phi) is 2.79. The highest BCUT2D eigenvalue weighted by molar-refractivity contribution is 7.07. The Bertz CT molecular complexity index is 397. The molecule has 0 amide bonds. The van der Waals surface area contributed by atoms with Crippen molar-refractivity contribution in [2.24, 2.45) is 0 Å². The lowest BCUT2D eigenvalue weighted by atomic mass is 10.2. The van der Waals surface area contributed by atoms with Gasteiger partial charge in [0.1, 0.15) is 5.75 Å². The summed E-state index contributed by atoms with van der Waals surface area (Å²) in [6.07, 6.45) is 0. The zero-order valence-electron chi connectivity index (χ0n) is 7.93. The lowest BCUT2D eigenvalue weighted by Gasteiger charge is -2.03. The Morgan fingerprint density at radius 1 is 1.43 bits per heavy atom. The smallest absolute Gasteiger partial charge is 0.119 e. The minimum Gasteiger partial charge on any atom is -0.494 e. The van der Waals surface area contributed by atoms with Gasteiger partial charge in [0.05, 0.1) is 17.8 Å². The van der Waals surface area contributed by atoms with Crippen LogP contribution in [0.1, 0.15) is 6.92 Å². The average molecular weight is 205 g/mol. The molecule has 1 aromatic carbocycles. The van der Waals surface area contributed by atoms with E-state index >= 15 is 0 Å². The minimum absolute atomic E-state index is 0.695. The maximum atomic E-state index is 5.42. The van der Waals surface area contributed by atoms with Crippen LogP contribution in [0.5, 0.6) is 5.75 Å². The van der Waals surface area contributed by atoms with Crippen molar-refractivity contribution in [1.29, 1.82) is 0 Å². The molecule has 3 heteroatoms. The van der Waals surface area contributed by atoms with Crippen LogP contribution >= 0.6 is 11.3 Å². The van der Waals surface area contributed by atoms with E-state index in [-0.39, 0.29) is 0 Å². The van der Waals surface area contributed by atoms with Gasteiger partial charge in [-0.2, -0.15) is 0 Å². The molecule has 0 spiro atoms. The summed E-state index contributed by atoms with van der Waals surface area (Å²) in [5.74, 6) is 0.901. The molecule has 2 rings (SSSR count). The van der Waals surface area contributed by atoms with Crippen LogP contribution in [0.15, 0.2) is 35.2 Å². The second-order valence-corrected chi connectivity index (χ2v) is 3.55. The van der Waals surface area contributed by atoms with Crippen LogP contribution in [0.2, 0.25) is 0 Å². The summed E-state index contributed by atoms with van der Waals surface area (Å²) in [5, 5.41) is 2.03. The van der Waals surface area contributed by atoms with E-state index in [2.05, 4.69) is 4.98 Å². The molecule has 0 aliphatic carbocycles. The normalized spacial score (nSPS) is 10.1. The van der Waals surface area contributed by atoms with Crippen molar-refractivity contribution in [2.75, 3.05) is 6.61 Å². The summed E-state index contributed by atoms with van der Waals surface area (Å²) < 4.78 is 5.42. The van der Waals surface area contributed by atoms with Gasteiger partial charge in [0, 0.05) is 10.9 Å². The molecule has 0 radical (unpaired) electrons. The van der Waals surface area contributed by atoms with Gasteiger partial charge < -0.3 is 4.74 Å². The third-order valence-corrected chi connectivity index (χ3v) is 2.46. The van der Waals surface area contributed by atoms with E-state index in [0.29, 0.717) is 6.61 Å². The fourth-order valence-corrected chi connectivity index (χ4v) is 1.83. The topological polar surface area (TPSA) is 22.1 Å². The number of thiazole rings is 1. The van der Waals surface area contributed by atoms with Crippen LogP contribution in [0.4, 0.5) is 0 Å². The molecule has 0 saturated heterocycles. The van der Waals surface area contributed by atoms with Crippen molar-refractivity contribution in [2.45, 2.75) is 6.92 Å². The zero-order valence-corrected chi connectivity index (χ0v) is 8.75. The van der Waals surface area contributed by atoms with Gasteiger partial charge >= 0.3 is 0 Å². The molecule has 72 valence electrons. The molecule has 2 nitrogen and oxygen atoms in total. The second kappa shape index (κ2) is 4.24. The molecule has 14 heavy (non-hydrogen) atoms. The molecule has 0 atom stereocenters. The largest absolute Gasteiger partial charge is 0.494 e. The predicted octanol–water partition coefficient (Wildman–Crippen LogP) is 3.21. The summed E-state index contributed by atoms with van der Waals surface area (Å²) in [6.45, 7) is 2.68. The Morgan fingerprint density at radius 2 is 2.36 bits per heavy atom. The number of rotatable bonds is 3. The van der Waals surface area contributed by atoms with Crippen LogP contribution in [0.3, 0.4) is 0 Å². The molecule has 1 aromatic heterocycles. The summed E-state index contributed by atoms with van der Waals surface area (Å²) in [7, 11) is 0. The van der Waals surface area contributed by atoms with Crippen molar-refractivity contribution in [3.8, 4) is 17.0 Å². The van der Waals surface area contributed by atoms with Crippen LogP contribution in [-0.2, 0) is 0 Å². The van der Waals surface area contributed by atoms with E-state index < -0.39 is 0 Å². The van der Waals surface area contributed by atoms with E-state index in [0.717, 1.165) is 17.0 Å². The minimum atomic E-state index is 0.695. The van der Waals surface area contributed by atoms with E-state index in [4.69, 9.17) is 4.74 Å². The first-order chi connectivity index (χ1) is 6.90. The molecular weight excluding hydrogens is 194 g/mol. The van der Waals surface area contributed by atoms with Crippen molar-refractivity contribution in [3.05, 3.63) is 35.2 Å². The van der Waals surface area contributed by atoms with Crippen LogP contribution in [-0.4, -0.2) is 11.6 Å². The summed E-state index contributed by atoms with van der Waals surface area (Å²) in [5.41, 5.74) is 3.96. The fraction of sp³-hybridized carbons (Fsp3) is 0.182. The van der Waals surface area contributed by atoms with Gasteiger partial charge in [-0.3, -0.25) is 0 Å². The van der Waals surface area contributed by atoms with Gasteiger partial charge in [-0.05, 0) is 19.1 Å². The number of benzene rings is 1. The highest BCUT2D eigenvalue weighted by Crippen LogP contribution is 2.23. The Hall–Kier alpha value is -1.35. The van der Waals surface area contributed by atoms with Crippen LogP contribution in [0.25, 0.3) is 11.3 Å². The highest BCUT2D eigenvalue weighted by Gasteiger charge is 2.00. The monoisotopic (exact) mass is 205 g/mol. The van der Waals surface area contributed by atoms with Gasteiger partial charge in [0.2, 0.25) is 0 Å². The first-order valence-corrected chi connectivity index (χ1v) is 5.46. The second-order valence-electron chi connectivity index (χ2n) is 2.83. The molecular formula is C11H11NOS. The third kappa shape index (κ3) is 1.93. The number of aromatic nitrogens is 1. The predicted molar refractivity (Wildman–Crippen MR) is 58.7 cm³/mol. The lowest BCUT2D eigenvalue weighted by Crippen LogP contribution is -1.91. The van der Waals surface area contributed by atoms with E-state index in [9.17, 15) is 0 Å². The van der Waals surface area contributed by atoms with E-state index in [1.807, 2.05) is 42.1 Å². The first kappa shape index (κ1) is 9.21. The molecule has 0 N–H and O–H groups in total. The van der Waals surface area contributed by atoms with Crippen LogP contribution < -0.4 is 4.74 Å². The quantitative estimate of drug-likeness (QED) is 0.767. The first-order valence-electron chi connectivity index (χ1n) is 4.51. The average Bonchev–Trinajstić information content (AvgIpc) is 2.71. The molecule has 2 aromatic rings. The number of ether oxygens (including phenoxy) is 1. The van der Waals surface area contributed by atoms with Gasteiger partial charge in [-0.1, -0.05) is 12.1 Å². The molecule has 0 saturated carbocycles. The van der Waals surface area contributed by atoms with Gasteiger partial charge in [-0.25, -0.2) is 4.98 Å². The maximum absolute atomic E-state index is 5.42. The third-order valence-electron chi connectivity index (χ3n) is 1.87. The molecule has 0 fully saturated rings. The molecule has 0 aliphatic heterocycles. The Morgan fingerprint density at radius 3 is 3.07 bits per heavy atom. The number of hydrogen-bond donors (Lipinski definition) is 0. The Balaban J connectivity index is 2.31. The standard InChI is InChI=1S/C11H11NOS/c1-2-13-10-5-3-4-9(6-10)11-7-14-8-12-11/h3-8H,2H2,1H3. The van der Waals surface area contributed by atoms with Crippen molar-refractivity contribution >= 4 is 11.3 Å².